The topological polar surface area (TPSA) is 72.1 Å². The summed E-state index contributed by atoms with van der Waals surface area (Å²) in [4.78, 5) is 9.24. The highest BCUT2D eigenvalue weighted by atomic mass is 127. The van der Waals surface area contributed by atoms with Gasteiger partial charge in [0.2, 0.25) is 0 Å². The van der Waals surface area contributed by atoms with Crippen LogP contribution in [0, 0.1) is 13.8 Å². The van der Waals surface area contributed by atoms with Crippen molar-refractivity contribution in [3.8, 4) is 0 Å². The average molecular weight is 557 g/mol. The lowest BCUT2D eigenvalue weighted by Crippen LogP contribution is -2.37. The minimum absolute atomic E-state index is 0. The third-order valence-corrected chi connectivity index (χ3v) is 5.76. The average Bonchev–Trinajstić information content (AvgIpc) is 3.31. The van der Waals surface area contributed by atoms with Gasteiger partial charge in [-0.1, -0.05) is 36.4 Å². The lowest BCUT2D eigenvalue weighted by Gasteiger charge is -2.12. The lowest BCUT2D eigenvalue weighted by molar-refractivity contribution is 0.728. The van der Waals surface area contributed by atoms with Crippen molar-refractivity contribution in [3.05, 3.63) is 82.9 Å². The number of rotatable bonds is 7. The minimum Gasteiger partial charge on any atom is -0.357 e. The highest BCUT2D eigenvalue weighted by molar-refractivity contribution is 14.0. The molecule has 33 heavy (non-hydrogen) atoms. The molecule has 0 aliphatic heterocycles. The summed E-state index contributed by atoms with van der Waals surface area (Å²) in [5, 5.41) is 11.3. The number of aromatic nitrogens is 4. The molecule has 0 bridgehead atoms. The number of halogens is 1. The molecule has 0 aliphatic rings. The summed E-state index contributed by atoms with van der Waals surface area (Å²) in [6.45, 7) is 9.15. The fourth-order valence-corrected chi connectivity index (χ4v) is 3.84. The molecule has 0 atom stereocenters. The molecular formula is C25H32IN7. The van der Waals surface area contributed by atoms with E-state index in [4.69, 9.17) is 4.99 Å². The lowest BCUT2D eigenvalue weighted by atomic mass is 10.1. The molecule has 0 amide bonds. The maximum atomic E-state index is 4.76. The second-order valence-electron chi connectivity index (χ2n) is 8.00. The number of aryl methyl sites for hydroxylation is 2. The third kappa shape index (κ3) is 5.93. The number of hydrogen-bond acceptors (Lipinski definition) is 3. The second-order valence-corrected chi connectivity index (χ2v) is 8.00. The molecule has 4 rings (SSSR count). The van der Waals surface area contributed by atoms with Crippen LogP contribution < -0.4 is 10.6 Å². The Hall–Kier alpha value is -2.88. The molecule has 4 aromatic rings. The number of fused-ring (bicyclic) bond motifs is 1. The summed E-state index contributed by atoms with van der Waals surface area (Å²) >= 11 is 0. The predicted octanol–water partition coefficient (Wildman–Crippen LogP) is 4.31. The number of nitrogens with zero attached hydrogens (tertiary/aromatic N) is 5. The third-order valence-electron chi connectivity index (χ3n) is 5.76. The van der Waals surface area contributed by atoms with Gasteiger partial charge in [-0.3, -0.25) is 4.68 Å². The molecule has 0 radical (unpaired) electrons. The second kappa shape index (κ2) is 11.3. The normalized spacial score (nSPS) is 11.5. The van der Waals surface area contributed by atoms with Crippen molar-refractivity contribution >= 4 is 41.0 Å². The van der Waals surface area contributed by atoms with Crippen molar-refractivity contribution in [1.82, 2.24) is 30.0 Å². The first kappa shape index (κ1) is 24.8. The van der Waals surface area contributed by atoms with Gasteiger partial charge in [-0.25, -0.2) is 9.98 Å². The molecule has 2 heterocycles. The van der Waals surface area contributed by atoms with Gasteiger partial charge in [0.15, 0.2) is 5.96 Å². The Labute approximate surface area is 212 Å². The SMILES string of the molecule is CCNC(=NCc1ccc(Cn2cnc3ccccc32)cc1)NCc1c(C)nn(C)c1C.I. The van der Waals surface area contributed by atoms with Gasteiger partial charge >= 0.3 is 0 Å². The molecule has 2 N–H and O–H groups in total. The van der Waals surface area contributed by atoms with Gasteiger partial charge < -0.3 is 15.2 Å². The monoisotopic (exact) mass is 557 g/mol. The number of benzene rings is 2. The molecule has 0 unspecified atom stereocenters. The van der Waals surface area contributed by atoms with Gasteiger partial charge in [0, 0.05) is 37.9 Å². The van der Waals surface area contributed by atoms with Gasteiger partial charge in [-0.15, -0.1) is 24.0 Å². The number of nitrogens with one attached hydrogen (secondary N) is 2. The van der Waals surface area contributed by atoms with Gasteiger partial charge in [0.05, 0.1) is 29.6 Å². The van der Waals surface area contributed by atoms with Crippen LogP contribution in [0.15, 0.2) is 59.9 Å². The highest BCUT2D eigenvalue weighted by Gasteiger charge is 2.10. The smallest absolute Gasteiger partial charge is 0.191 e. The summed E-state index contributed by atoms with van der Waals surface area (Å²) in [6, 6.07) is 16.9. The van der Waals surface area contributed by atoms with E-state index in [1.54, 1.807) is 0 Å². The Morgan fingerprint density at radius 2 is 1.73 bits per heavy atom. The van der Waals surface area contributed by atoms with Crippen molar-refractivity contribution in [1.29, 1.82) is 0 Å². The molecule has 2 aromatic heterocycles. The van der Waals surface area contributed by atoms with E-state index < -0.39 is 0 Å². The maximum absolute atomic E-state index is 4.76. The Balaban J connectivity index is 0.00000306. The van der Waals surface area contributed by atoms with Crippen molar-refractivity contribution in [3.63, 3.8) is 0 Å². The summed E-state index contributed by atoms with van der Waals surface area (Å²) < 4.78 is 4.10. The molecule has 0 aliphatic carbocycles. The Morgan fingerprint density at radius 3 is 2.42 bits per heavy atom. The standard InChI is InChI=1S/C25H31N7.HI/c1-5-26-25(28-15-22-18(2)30-31(4)19(22)3)27-14-20-10-12-21(13-11-20)16-32-17-29-23-8-6-7-9-24(23)32;/h6-13,17H,5,14-16H2,1-4H3,(H2,26,27,28);1H. The van der Waals surface area contributed by atoms with E-state index in [0.717, 1.165) is 35.8 Å². The van der Waals surface area contributed by atoms with Gasteiger partial charge in [-0.05, 0) is 44.0 Å². The number of hydrogen-bond donors (Lipinski definition) is 2. The van der Waals surface area contributed by atoms with Crippen LogP contribution in [0.3, 0.4) is 0 Å². The van der Waals surface area contributed by atoms with E-state index in [1.165, 1.54) is 22.4 Å². The van der Waals surface area contributed by atoms with Gasteiger partial charge in [0.1, 0.15) is 0 Å². The van der Waals surface area contributed by atoms with Gasteiger partial charge in [-0.2, -0.15) is 5.10 Å². The van der Waals surface area contributed by atoms with Crippen molar-refractivity contribution < 1.29 is 0 Å². The van der Waals surface area contributed by atoms with E-state index >= 15 is 0 Å². The maximum Gasteiger partial charge on any atom is 0.191 e. The number of para-hydroxylation sites is 2. The summed E-state index contributed by atoms with van der Waals surface area (Å²) in [7, 11) is 1.98. The molecule has 0 saturated carbocycles. The van der Waals surface area contributed by atoms with E-state index in [2.05, 4.69) is 75.5 Å². The summed E-state index contributed by atoms with van der Waals surface area (Å²) in [6.07, 6.45) is 1.91. The highest BCUT2D eigenvalue weighted by Crippen LogP contribution is 2.15. The summed E-state index contributed by atoms with van der Waals surface area (Å²) in [5.41, 5.74) is 8.04. The first-order valence-electron chi connectivity index (χ1n) is 11.0. The molecule has 0 spiro atoms. The number of aliphatic imine (C=N–C) groups is 1. The van der Waals surface area contributed by atoms with Crippen LogP contribution >= 0.6 is 24.0 Å². The van der Waals surface area contributed by atoms with Crippen LogP contribution in [0.25, 0.3) is 11.0 Å². The predicted molar refractivity (Wildman–Crippen MR) is 145 cm³/mol. The molecule has 0 saturated heterocycles. The van der Waals surface area contributed by atoms with Crippen LogP contribution in [-0.2, 0) is 26.7 Å². The zero-order chi connectivity index (χ0) is 22.5. The Morgan fingerprint density at radius 1 is 1.00 bits per heavy atom. The van der Waals surface area contributed by atoms with Crippen LogP contribution in [0.2, 0.25) is 0 Å². The Bertz CT molecular complexity index is 1220. The molecule has 8 heteroatoms. The van der Waals surface area contributed by atoms with E-state index in [9.17, 15) is 0 Å². The zero-order valence-corrected chi connectivity index (χ0v) is 22.0. The number of imidazole rings is 1. The molecule has 174 valence electrons. The number of guanidine groups is 1. The zero-order valence-electron chi connectivity index (χ0n) is 19.7. The Kier molecular flexibility index (Phi) is 8.49. The summed E-state index contributed by atoms with van der Waals surface area (Å²) in [5.74, 6) is 0.809. The van der Waals surface area contributed by atoms with E-state index in [-0.39, 0.29) is 24.0 Å². The van der Waals surface area contributed by atoms with Crippen LogP contribution in [0.5, 0.6) is 0 Å². The minimum atomic E-state index is 0. The largest absolute Gasteiger partial charge is 0.357 e. The molecule has 0 fully saturated rings. The van der Waals surface area contributed by atoms with Crippen LogP contribution in [0.4, 0.5) is 0 Å². The first-order chi connectivity index (χ1) is 15.5. The van der Waals surface area contributed by atoms with Crippen LogP contribution in [-0.4, -0.2) is 31.8 Å². The molecule has 7 nitrogen and oxygen atoms in total. The van der Waals surface area contributed by atoms with Crippen molar-refractivity contribution in [2.24, 2.45) is 12.0 Å². The van der Waals surface area contributed by atoms with Crippen molar-refractivity contribution in [2.45, 2.75) is 40.4 Å². The van der Waals surface area contributed by atoms with Crippen LogP contribution in [0.1, 0.15) is 35.0 Å². The first-order valence-corrected chi connectivity index (χ1v) is 11.0. The fourth-order valence-electron chi connectivity index (χ4n) is 3.84. The molecular weight excluding hydrogens is 525 g/mol. The van der Waals surface area contributed by atoms with E-state index in [0.29, 0.717) is 13.1 Å². The van der Waals surface area contributed by atoms with E-state index in [1.807, 2.05) is 37.1 Å². The fraction of sp³-hybridized carbons (Fsp3) is 0.320. The quantitative estimate of drug-likeness (QED) is 0.202. The van der Waals surface area contributed by atoms with Gasteiger partial charge in [0.25, 0.3) is 0 Å². The van der Waals surface area contributed by atoms with Crippen molar-refractivity contribution in [2.75, 3.05) is 6.54 Å². The molecule has 2 aromatic carbocycles.